The average Bonchev–Trinajstić information content (AvgIpc) is 2.93. The van der Waals surface area contributed by atoms with Gasteiger partial charge in [-0.15, -0.1) is 0 Å². The number of likely N-dealkylation sites (tertiary alicyclic amines) is 1. The van der Waals surface area contributed by atoms with Crippen LogP contribution in [-0.2, 0) is 9.59 Å². The summed E-state index contributed by atoms with van der Waals surface area (Å²) < 4.78 is 0. The molecule has 3 rings (SSSR count). The van der Waals surface area contributed by atoms with E-state index in [0.717, 1.165) is 41.5 Å². The van der Waals surface area contributed by atoms with Crippen molar-refractivity contribution in [3.63, 3.8) is 0 Å². The van der Waals surface area contributed by atoms with Crippen molar-refractivity contribution in [3.8, 4) is 0 Å². The fourth-order valence-electron chi connectivity index (χ4n) is 3.57. The molecule has 1 aromatic carbocycles. The van der Waals surface area contributed by atoms with Crippen LogP contribution in [-0.4, -0.2) is 57.7 Å². The third-order valence-corrected chi connectivity index (χ3v) is 6.12. The van der Waals surface area contributed by atoms with Gasteiger partial charge in [0.25, 0.3) is 11.1 Å². The molecule has 0 spiro atoms. The standard InChI is InChI=1S/C20H23ClN2O4S/c21-15-5-3-4-14(12-15)13-17-19(26)23(20(27)28-17)10-7-18(25)22-9-2-1-6-16(22)8-11-24/h3-5,12-13,16,24H,1-2,6-11H2/b17-13-/t16-/m0/s1. The number of thioether (sulfide) groups is 1. The van der Waals surface area contributed by atoms with Crippen LogP contribution in [0.4, 0.5) is 4.79 Å². The van der Waals surface area contributed by atoms with Gasteiger partial charge < -0.3 is 10.0 Å². The summed E-state index contributed by atoms with van der Waals surface area (Å²) in [7, 11) is 0. The molecule has 8 heteroatoms. The molecule has 1 aromatic rings. The number of imide groups is 1. The molecule has 3 amide bonds. The topological polar surface area (TPSA) is 77.9 Å². The van der Waals surface area contributed by atoms with E-state index in [1.807, 2.05) is 0 Å². The summed E-state index contributed by atoms with van der Waals surface area (Å²) >= 11 is 6.84. The van der Waals surface area contributed by atoms with Crippen molar-refractivity contribution in [2.45, 2.75) is 38.1 Å². The zero-order valence-electron chi connectivity index (χ0n) is 15.5. The highest BCUT2D eigenvalue weighted by Crippen LogP contribution is 2.32. The quantitative estimate of drug-likeness (QED) is 0.709. The van der Waals surface area contributed by atoms with Crippen molar-refractivity contribution in [2.24, 2.45) is 0 Å². The van der Waals surface area contributed by atoms with Crippen molar-refractivity contribution >= 4 is 46.5 Å². The number of piperidine rings is 1. The summed E-state index contributed by atoms with van der Waals surface area (Å²) in [5.74, 6) is -0.454. The maximum Gasteiger partial charge on any atom is 0.293 e. The van der Waals surface area contributed by atoms with E-state index >= 15 is 0 Å². The lowest BCUT2D eigenvalue weighted by Crippen LogP contribution is -2.45. The van der Waals surface area contributed by atoms with Gasteiger partial charge in [-0.1, -0.05) is 23.7 Å². The fraction of sp³-hybridized carbons (Fsp3) is 0.450. The third kappa shape index (κ3) is 4.96. The molecule has 2 aliphatic rings. The number of halogens is 1. The summed E-state index contributed by atoms with van der Waals surface area (Å²) in [4.78, 5) is 40.7. The molecule has 6 nitrogen and oxygen atoms in total. The second-order valence-electron chi connectivity index (χ2n) is 6.89. The van der Waals surface area contributed by atoms with E-state index in [1.165, 1.54) is 0 Å². The van der Waals surface area contributed by atoms with Crippen LogP contribution in [0.2, 0.25) is 5.02 Å². The normalized spacial score (nSPS) is 21.6. The summed E-state index contributed by atoms with van der Waals surface area (Å²) in [6.45, 7) is 0.782. The molecule has 28 heavy (non-hydrogen) atoms. The highest BCUT2D eigenvalue weighted by molar-refractivity contribution is 8.18. The maximum atomic E-state index is 12.6. The lowest BCUT2D eigenvalue weighted by Gasteiger charge is -2.36. The van der Waals surface area contributed by atoms with Crippen LogP contribution < -0.4 is 0 Å². The number of hydrogen-bond acceptors (Lipinski definition) is 5. The molecule has 1 N–H and O–H groups in total. The molecule has 0 aromatic heterocycles. The number of benzene rings is 1. The zero-order valence-corrected chi connectivity index (χ0v) is 17.0. The number of aliphatic hydroxyl groups excluding tert-OH is 1. The van der Waals surface area contributed by atoms with Crippen LogP contribution in [0.5, 0.6) is 0 Å². The van der Waals surface area contributed by atoms with E-state index in [0.29, 0.717) is 22.9 Å². The smallest absolute Gasteiger partial charge is 0.293 e. The Hall–Kier alpha value is -1.83. The molecule has 0 radical (unpaired) electrons. The predicted molar refractivity (Wildman–Crippen MR) is 110 cm³/mol. The Bertz CT molecular complexity index is 796. The molecular formula is C20H23ClN2O4S. The van der Waals surface area contributed by atoms with E-state index < -0.39 is 0 Å². The van der Waals surface area contributed by atoms with Crippen LogP contribution in [0.15, 0.2) is 29.2 Å². The minimum Gasteiger partial charge on any atom is -0.396 e. The first-order valence-electron chi connectivity index (χ1n) is 9.41. The Balaban J connectivity index is 1.62. The van der Waals surface area contributed by atoms with Gasteiger partial charge in [-0.05, 0) is 61.2 Å². The van der Waals surface area contributed by atoms with Crippen molar-refractivity contribution in [1.82, 2.24) is 9.80 Å². The van der Waals surface area contributed by atoms with Gasteiger partial charge in [0.2, 0.25) is 5.91 Å². The Kier molecular flexibility index (Phi) is 7.15. The monoisotopic (exact) mass is 422 g/mol. The fourth-order valence-corrected chi connectivity index (χ4v) is 4.63. The SMILES string of the molecule is O=C1S/C(=C\c2cccc(Cl)c2)C(=O)N1CCC(=O)N1CCCC[C@H]1CCO. The predicted octanol–water partition coefficient (Wildman–Crippen LogP) is 3.53. The molecule has 2 aliphatic heterocycles. The molecule has 0 aliphatic carbocycles. The second-order valence-corrected chi connectivity index (χ2v) is 8.32. The largest absolute Gasteiger partial charge is 0.396 e. The van der Waals surface area contributed by atoms with Gasteiger partial charge in [0.1, 0.15) is 0 Å². The van der Waals surface area contributed by atoms with Crippen molar-refractivity contribution in [3.05, 3.63) is 39.8 Å². The van der Waals surface area contributed by atoms with E-state index in [-0.39, 0.29) is 42.7 Å². The highest BCUT2D eigenvalue weighted by atomic mass is 35.5. The van der Waals surface area contributed by atoms with Crippen LogP contribution in [0.1, 0.15) is 37.7 Å². The molecular weight excluding hydrogens is 400 g/mol. The van der Waals surface area contributed by atoms with Crippen molar-refractivity contribution in [2.75, 3.05) is 19.7 Å². The number of amides is 3. The van der Waals surface area contributed by atoms with Crippen LogP contribution in [0.25, 0.3) is 6.08 Å². The lowest BCUT2D eigenvalue weighted by molar-refractivity contribution is -0.135. The average molecular weight is 423 g/mol. The van der Waals surface area contributed by atoms with Crippen LogP contribution in [0.3, 0.4) is 0 Å². The van der Waals surface area contributed by atoms with Gasteiger partial charge in [0.15, 0.2) is 0 Å². The molecule has 2 heterocycles. The van der Waals surface area contributed by atoms with Crippen LogP contribution >= 0.6 is 23.4 Å². The first-order chi connectivity index (χ1) is 13.5. The molecule has 0 bridgehead atoms. The minimum atomic E-state index is -0.381. The number of nitrogens with zero attached hydrogens (tertiary/aromatic N) is 2. The summed E-state index contributed by atoms with van der Waals surface area (Å²) in [6.07, 6.45) is 5.18. The first kappa shape index (κ1) is 20.9. The Labute approximate surface area is 173 Å². The lowest BCUT2D eigenvalue weighted by atomic mass is 9.99. The summed E-state index contributed by atoms with van der Waals surface area (Å²) in [5.41, 5.74) is 0.745. The van der Waals surface area contributed by atoms with Crippen LogP contribution in [0, 0.1) is 0 Å². The number of rotatable bonds is 6. The van der Waals surface area contributed by atoms with E-state index in [9.17, 15) is 19.5 Å². The Morgan fingerprint density at radius 1 is 1.32 bits per heavy atom. The maximum absolute atomic E-state index is 12.6. The Morgan fingerprint density at radius 3 is 2.89 bits per heavy atom. The number of carbonyl (C=O) groups is 3. The summed E-state index contributed by atoms with van der Waals surface area (Å²) in [6, 6.07) is 7.08. The molecule has 2 fully saturated rings. The molecule has 2 saturated heterocycles. The number of hydrogen-bond donors (Lipinski definition) is 1. The summed E-state index contributed by atoms with van der Waals surface area (Å²) in [5, 5.41) is 9.39. The van der Waals surface area contributed by atoms with Gasteiger partial charge >= 0.3 is 0 Å². The number of aliphatic hydroxyl groups is 1. The number of carbonyl (C=O) groups excluding carboxylic acids is 3. The highest BCUT2D eigenvalue weighted by Gasteiger charge is 2.36. The van der Waals surface area contributed by atoms with Crippen molar-refractivity contribution in [1.29, 1.82) is 0 Å². The van der Waals surface area contributed by atoms with Gasteiger partial charge in [0.05, 0.1) is 4.91 Å². The molecule has 150 valence electrons. The van der Waals surface area contributed by atoms with Crippen molar-refractivity contribution < 1.29 is 19.5 Å². The first-order valence-corrected chi connectivity index (χ1v) is 10.6. The second kappa shape index (κ2) is 9.58. The van der Waals surface area contributed by atoms with E-state index in [2.05, 4.69) is 0 Å². The molecule has 1 atom stereocenters. The van der Waals surface area contributed by atoms with Gasteiger partial charge in [0, 0.05) is 37.2 Å². The van der Waals surface area contributed by atoms with Gasteiger partial charge in [-0.25, -0.2) is 0 Å². The van der Waals surface area contributed by atoms with Gasteiger partial charge in [-0.3, -0.25) is 19.3 Å². The third-order valence-electron chi connectivity index (χ3n) is 4.98. The molecule has 0 saturated carbocycles. The van der Waals surface area contributed by atoms with E-state index in [1.54, 1.807) is 35.2 Å². The molecule has 0 unspecified atom stereocenters. The minimum absolute atomic E-state index is 0.0453. The zero-order chi connectivity index (χ0) is 20.1. The Morgan fingerprint density at radius 2 is 2.14 bits per heavy atom. The van der Waals surface area contributed by atoms with E-state index in [4.69, 9.17) is 11.6 Å². The van der Waals surface area contributed by atoms with Gasteiger partial charge in [-0.2, -0.15) is 0 Å².